The first-order chi connectivity index (χ1) is 19.3. The van der Waals surface area contributed by atoms with E-state index in [1.807, 2.05) is 19.1 Å². The number of carbonyl (C=O) groups is 3. The van der Waals surface area contributed by atoms with E-state index >= 15 is 0 Å². The second kappa shape index (κ2) is 13.1. The van der Waals surface area contributed by atoms with Gasteiger partial charge in [-0.25, -0.2) is 0 Å². The average Bonchev–Trinajstić information content (AvgIpc) is 3.50. The molecule has 218 valence electrons. The van der Waals surface area contributed by atoms with Crippen LogP contribution in [0.5, 0.6) is 0 Å². The van der Waals surface area contributed by atoms with E-state index in [4.69, 9.17) is 21.4 Å². The van der Waals surface area contributed by atoms with E-state index in [1.165, 1.54) is 0 Å². The predicted molar refractivity (Wildman–Crippen MR) is 160 cm³/mol. The molecule has 0 aromatic heterocycles. The molecule has 3 heterocycles. The van der Waals surface area contributed by atoms with E-state index in [-0.39, 0.29) is 37.5 Å². The quantitative estimate of drug-likeness (QED) is 0.168. The molecule has 3 aliphatic heterocycles. The van der Waals surface area contributed by atoms with Gasteiger partial charge >= 0.3 is 5.97 Å². The number of anilines is 1. The molecule has 1 spiro atoms. The Kier molecular flexibility index (Phi) is 10.1. The maximum Gasteiger partial charge on any atom is 0.311 e. The van der Waals surface area contributed by atoms with Gasteiger partial charge in [0.25, 0.3) is 5.91 Å². The summed E-state index contributed by atoms with van der Waals surface area (Å²) in [6.45, 7) is 10.7. The minimum absolute atomic E-state index is 0.134. The van der Waals surface area contributed by atoms with E-state index in [0.717, 1.165) is 25.7 Å². The molecule has 2 bridgehead atoms. The van der Waals surface area contributed by atoms with Gasteiger partial charge in [0.2, 0.25) is 5.91 Å². The molecule has 3 aliphatic rings. The van der Waals surface area contributed by atoms with E-state index in [1.54, 1.807) is 45.8 Å². The first kappa shape index (κ1) is 30.7. The number of hydrogen-bond donors (Lipinski definition) is 1. The lowest BCUT2D eigenvalue weighted by Crippen LogP contribution is -2.55. The van der Waals surface area contributed by atoms with Gasteiger partial charge in [0.15, 0.2) is 0 Å². The number of esters is 1. The molecule has 9 heteroatoms. The number of allylic oxidation sites excluding steroid dienone is 1. The Morgan fingerprint density at radius 3 is 2.62 bits per heavy atom. The Hall–Kier alpha value is -2.29. The van der Waals surface area contributed by atoms with Crippen molar-refractivity contribution in [3.05, 3.63) is 54.6 Å². The highest BCUT2D eigenvalue weighted by atomic mass is 35.5. The van der Waals surface area contributed by atoms with Gasteiger partial charge in [-0.15, -0.1) is 24.9 Å². The number of amides is 2. The van der Waals surface area contributed by atoms with Gasteiger partial charge in [-0.1, -0.05) is 48.7 Å². The third-order valence-corrected chi connectivity index (χ3v) is 10.9. The number of aliphatic hydroxyl groups excluding tert-OH is 1. The van der Waals surface area contributed by atoms with Crippen LogP contribution in [0.4, 0.5) is 5.69 Å². The highest BCUT2D eigenvalue weighted by molar-refractivity contribution is 8.02. The summed E-state index contributed by atoms with van der Waals surface area (Å²) < 4.78 is 4.51. The Labute approximate surface area is 246 Å². The lowest BCUT2D eigenvalue weighted by molar-refractivity contribution is -0.155. The number of thioether (sulfide) groups is 1. The van der Waals surface area contributed by atoms with E-state index < -0.39 is 27.4 Å². The van der Waals surface area contributed by atoms with Crippen LogP contribution in [0.2, 0.25) is 5.02 Å². The minimum atomic E-state index is -0.732. The molecule has 0 aliphatic carbocycles. The van der Waals surface area contributed by atoms with Gasteiger partial charge in [0.05, 0.1) is 33.9 Å². The van der Waals surface area contributed by atoms with Gasteiger partial charge in [-0.3, -0.25) is 14.4 Å². The lowest BCUT2D eigenvalue weighted by atomic mass is 9.66. The number of halogens is 1. The molecule has 3 fully saturated rings. The topological polar surface area (TPSA) is 87.1 Å². The molecule has 1 aromatic rings. The number of aliphatic hydroxyl groups is 1. The van der Waals surface area contributed by atoms with Gasteiger partial charge in [-0.05, 0) is 57.6 Å². The van der Waals surface area contributed by atoms with Crippen LogP contribution >= 0.6 is 23.4 Å². The average molecular weight is 589 g/mol. The molecule has 3 saturated heterocycles. The summed E-state index contributed by atoms with van der Waals surface area (Å²) in [6, 6.07) is 6.47. The lowest BCUT2D eigenvalue weighted by Gasteiger charge is -2.37. The summed E-state index contributed by atoms with van der Waals surface area (Å²) in [5.41, 5.74) is 0.575. The number of rotatable bonds is 15. The van der Waals surface area contributed by atoms with Crippen molar-refractivity contribution in [3.8, 4) is 0 Å². The highest BCUT2D eigenvalue weighted by Crippen LogP contribution is 2.71. The molecule has 4 rings (SSSR count). The Bertz CT molecular complexity index is 1130. The zero-order valence-corrected chi connectivity index (χ0v) is 24.9. The second-order valence-corrected chi connectivity index (χ2v) is 13.5. The van der Waals surface area contributed by atoms with Crippen molar-refractivity contribution in [3.63, 3.8) is 0 Å². The zero-order valence-electron chi connectivity index (χ0n) is 23.4. The normalized spacial score (nSPS) is 28.4. The van der Waals surface area contributed by atoms with Crippen molar-refractivity contribution in [1.29, 1.82) is 0 Å². The van der Waals surface area contributed by atoms with Crippen molar-refractivity contribution in [2.75, 3.05) is 31.2 Å². The second-order valence-electron chi connectivity index (χ2n) is 11.2. The SMILES string of the molecule is C=CCCCOC(=O)[C@H]1[C@H]2C(=O)N(CCCCCCO)C(C(=O)N(CC=C)c3ccccc3Cl)C23CC[C@]1(C)S3. The van der Waals surface area contributed by atoms with Crippen LogP contribution in [0.15, 0.2) is 49.6 Å². The van der Waals surface area contributed by atoms with Crippen LogP contribution in [0, 0.1) is 11.8 Å². The van der Waals surface area contributed by atoms with E-state index in [0.29, 0.717) is 42.9 Å². The summed E-state index contributed by atoms with van der Waals surface area (Å²) in [6.07, 6.45) is 9.40. The van der Waals surface area contributed by atoms with Gasteiger partial charge < -0.3 is 19.6 Å². The van der Waals surface area contributed by atoms with Crippen molar-refractivity contribution in [2.24, 2.45) is 11.8 Å². The smallest absolute Gasteiger partial charge is 0.311 e. The fourth-order valence-electron chi connectivity index (χ4n) is 6.80. The third kappa shape index (κ3) is 5.59. The molecule has 1 aromatic carbocycles. The minimum Gasteiger partial charge on any atom is -0.465 e. The van der Waals surface area contributed by atoms with Crippen molar-refractivity contribution in [1.82, 2.24) is 4.90 Å². The Morgan fingerprint density at radius 1 is 1.18 bits per heavy atom. The van der Waals surface area contributed by atoms with Gasteiger partial charge in [0.1, 0.15) is 6.04 Å². The summed E-state index contributed by atoms with van der Waals surface area (Å²) in [4.78, 5) is 45.7. The molecule has 1 N–H and O–H groups in total. The third-order valence-electron chi connectivity index (χ3n) is 8.59. The molecule has 7 nitrogen and oxygen atoms in total. The maximum atomic E-state index is 14.6. The number of hydrogen-bond acceptors (Lipinski definition) is 6. The van der Waals surface area contributed by atoms with Gasteiger partial charge in [0, 0.05) is 24.4 Å². The molecule has 5 atom stereocenters. The van der Waals surface area contributed by atoms with Crippen molar-refractivity contribution in [2.45, 2.75) is 73.8 Å². The van der Waals surface area contributed by atoms with E-state index in [2.05, 4.69) is 13.2 Å². The fourth-order valence-corrected chi connectivity index (χ4v) is 9.37. The zero-order chi connectivity index (χ0) is 28.9. The molecular weight excluding hydrogens is 548 g/mol. The van der Waals surface area contributed by atoms with Crippen LogP contribution < -0.4 is 4.90 Å². The molecule has 2 amide bonds. The predicted octanol–water partition coefficient (Wildman–Crippen LogP) is 5.40. The number of benzene rings is 1. The highest BCUT2D eigenvalue weighted by Gasteiger charge is 2.77. The summed E-state index contributed by atoms with van der Waals surface area (Å²) in [5.74, 6) is -1.90. The first-order valence-electron chi connectivity index (χ1n) is 14.3. The van der Waals surface area contributed by atoms with Crippen LogP contribution in [0.3, 0.4) is 0 Å². The van der Waals surface area contributed by atoms with Crippen LogP contribution in [0.25, 0.3) is 0 Å². The van der Waals surface area contributed by atoms with Crippen LogP contribution in [0.1, 0.15) is 58.3 Å². The number of para-hydroxylation sites is 1. The summed E-state index contributed by atoms with van der Waals surface area (Å²) in [7, 11) is 0. The first-order valence-corrected chi connectivity index (χ1v) is 15.5. The van der Waals surface area contributed by atoms with Gasteiger partial charge in [-0.2, -0.15) is 0 Å². The Morgan fingerprint density at radius 2 is 1.93 bits per heavy atom. The van der Waals surface area contributed by atoms with Crippen molar-refractivity contribution < 1.29 is 24.2 Å². The molecule has 2 unspecified atom stereocenters. The van der Waals surface area contributed by atoms with Crippen molar-refractivity contribution >= 4 is 46.8 Å². The maximum absolute atomic E-state index is 14.6. The number of unbranched alkanes of at least 4 members (excludes halogenated alkanes) is 4. The molecule has 0 radical (unpaired) electrons. The monoisotopic (exact) mass is 588 g/mol. The Balaban J connectivity index is 1.70. The number of ether oxygens (including phenoxy) is 1. The fraction of sp³-hybridized carbons (Fsp3) is 0.581. The van der Waals surface area contributed by atoms with E-state index in [9.17, 15) is 14.4 Å². The number of nitrogens with zero attached hydrogens (tertiary/aromatic N) is 2. The number of carbonyl (C=O) groups excluding carboxylic acids is 3. The number of likely N-dealkylation sites (tertiary alicyclic amines) is 1. The molecule has 0 saturated carbocycles. The van der Waals surface area contributed by atoms with Crippen LogP contribution in [-0.2, 0) is 19.1 Å². The number of fused-ring (bicyclic) bond motifs is 1. The standard InChI is InChI=1S/C31H41ClN2O5S/c1-4-6-13-21-39-29(38)25-24-27(36)34(19-11-7-8-12-20-35)26(31(24)17-16-30(25,3)40-31)28(37)33(18-5-2)23-15-10-9-14-22(23)32/h4-5,9-10,14-15,24-26,35H,1-2,6-8,11-13,16-21H2,3H3/t24-,25+,26?,30-,31?/m0/s1. The molecular formula is C31H41ClN2O5S. The van der Waals surface area contributed by atoms with Crippen LogP contribution in [-0.4, -0.2) is 69.6 Å². The summed E-state index contributed by atoms with van der Waals surface area (Å²) >= 11 is 8.19. The largest absolute Gasteiger partial charge is 0.465 e. The molecule has 40 heavy (non-hydrogen) atoms. The summed E-state index contributed by atoms with van der Waals surface area (Å²) in [5, 5.41) is 9.61.